The molecule has 0 aromatic carbocycles. The van der Waals surface area contributed by atoms with Crippen LogP contribution in [-0.4, -0.2) is 30.0 Å². The van der Waals surface area contributed by atoms with Crippen LogP contribution >= 0.6 is 31.1 Å². The molecule has 0 rings (SSSR count). The molecule has 0 N–H and O–H groups in total. The third-order valence-corrected chi connectivity index (χ3v) is 4.02. The molecule has 6 heteroatoms. The van der Waals surface area contributed by atoms with Gasteiger partial charge in [0.2, 0.25) is 0 Å². The molecule has 88 valence electrons. The monoisotopic (exact) mass is 439 g/mol. The van der Waals surface area contributed by atoms with Gasteiger partial charge in [-0.05, 0) is 18.5 Å². The Balaban J connectivity index is -0.0000000610. The van der Waals surface area contributed by atoms with Gasteiger partial charge in [-0.2, -0.15) is 11.5 Å². The Morgan fingerprint density at radius 3 is 1.07 bits per heavy atom. The minimum absolute atomic E-state index is 0. The number of hydrogen-bond acceptors (Lipinski definition) is 2. The first kappa shape index (κ1) is 24.3. The van der Waals surface area contributed by atoms with Crippen LogP contribution in [0.1, 0.15) is 20.8 Å². The standard InChI is InChI=1S/C6H15P.2CClO.Pt/c1-4-7(5-2)6-3;2*2-1-3;/h4-6H2,1-3H3;;;/q;2*-1;+2. The summed E-state index contributed by atoms with van der Waals surface area (Å²) in [4.78, 5) is 16.9. The third kappa shape index (κ3) is 38.1. The van der Waals surface area contributed by atoms with Crippen molar-refractivity contribution < 1.29 is 30.7 Å². The predicted molar refractivity (Wildman–Crippen MR) is 61.6 cm³/mol. The fourth-order valence-electron chi connectivity index (χ4n) is 0.671. The topological polar surface area (TPSA) is 34.1 Å². The molecule has 0 saturated carbocycles. The van der Waals surface area contributed by atoms with Gasteiger partial charge in [-0.25, -0.2) is 0 Å². The first-order valence-electron chi connectivity index (χ1n) is 3.86. The third-order valence-electron chi connectivity index (χ3n) is 1.34. The van der Waals surface area contributed by atoms with Crippen molar-refractivity contribution in [1.29, 1.82) is 0 Å². The van der Waals surface area contributed by atoms with Crippen molar-refractivity contribution in [3.05, 3.63) is 0 Å². The molecule has 0 bridgehead atoms. The van der Waals surface area contributed by atoms with Gasteiger partial charge in [-0.15, -0.1) is 7.92 Å². The molecule has 0 atom stereocenters. The molecule has 14 heavy (non-hydrogen) atoms. The average Bonchev–Trinajstić information content (AvgIpc) is 2.10. The molecule has 0 saturated heterocycles. The molecule has 0 fully saturated rings. The molecule has 0 aromatic heterocycles. The molecule has 0 unspecified atom stereocenters. The van der Waals surface area contributed by atoms with E-state index in [1.807, 2.05) is 0 Å². The molecule has 0 radical (unpaired) electrons. The summed E-state index contributed by atoms with van der Waals surface area (Å²) >= 11 is 8.39. The van der Waals surface area contributed by atoms with E-state index in [4.69, 9.17) is 9.59 Å². The van der Waals surface area contributed by atoms with Gasteiger partial charge < -0.3 is 32.8 Å². The number of hydrogen-bond donors (Lipinski definition) is 0. The van der Waals surface area contributed by atoms with E-state index in [0.29, 0.717) is 7.92 Å². The van der Waals surface area contributed by atoms with Crippen molar-refractivity contribution in [3.8, 4) is 0 Å². The minimum Gasteiger partial charge on any atom is -0.525 e. The van der Waals surface area contributed by atoms with E-state index in [1.165, 1.54) is 18.5 Å². The average molecular weight is 440 g/mol. The van der Waals surface area contributed by atoms with E-state index in [9.17, 15) is 0 Å². The molecule has 0 aliphatic heterocycles. The van der Waals surface area contributed by atoms with Gasteiger partial charge in [-0.3, -0.25) is 0 Å². The van der Waals surface area contributed by atoms with Crippen molar-refractivity contribution in [3.63, 3.8) is 0 Å². The van der Waals surface area contributed by atoms with Gasteiger partial charge in [0.25, 0.3) is 0 Å². The van der Waals surface area contributed by atoms with Crippen molar-refractivity contribution in [2.45, 2.75) is 20.8 Å². The van der Waals surface area contributed by atoms with Crippen molar-refractivity contribution >= 4 is 42.6 Å². The maximum atomic E-state index is 8.45. The van der Waals surface area contributed by atoms with Crippen LogP contribution in [0.2, 0.25) is 0 Å². The molecular formula is C8H15Cl2O2PPt. The summed E-state index contributed by atoms with van der Waals surface area (Å²) < 4.78 is 0. The van der Waals surface area contributed by atoms with E-state index in [1.54, 1.807) is 0 Å². The van der Waals surface area contributed by atoms with Gasteiger partial charge in [0, 0.05) is 0 Å². The van der Waals surface area contributed by atoms with Gasteiger partial charge in [-0.1, -0.05) is 20.8 Å². The largest absolute Gasteiger partial charge is 2.00 e. The van der Waals surface area contributed by atoms with Crippen LogP contribution in [0.5, 0.6) is 0 Å². The predicted octanol–water partition coefficient (Wildman–Crippen LogP) is 3.11. The van der Waals surface area contributed by atoms with Crippen LogP contribution in [0, 0.1) is 0 Å². The Bertz CT molecular complexity index is 91.8. The number of halogens is 2. The second-order valence-corrected chi connectivity index (χ2v) is 5.32. The number of carbonyl (C=O) groups excluding carboxylic acids is 2. The maximum Gasteiger partial charge on any atom is 2.00 e. The van der Waals surface area contributed by atoms with E-state index in [0.717, 1.165) is 11.5 Å². The zero-order valence-corrected chi connectivity index (χ0v) is 13.1. The van der Waals surface area contributed by atoms with Crippen LogP contribution in [0.3, 0.4) is 0 Å². The molecule has 0 aromatic rings. The zero-order chi connectivity index (χ0) is 11.1. The minimum atomic E-state index is 0. The van der Waals surface area contributed by atoms with Crippen LogP contribution in [-0.2, 0) is 30.7 Å². The van der Waals surface area contributed by atoms with E-state index < -0.39 is 0 Å². The van der Waals surface area contributed by atoms with Gasteiger partial charge in [0.05, 0.1) is 0 Å². The second kappa shape index (κ2) is 29.2. The van der Waals surface area contributed by atoms with E-state index in [-0.39, 0.29) is 21.1 Å². The molecule has 0 aliphatic rings. The molecule has 0 amide bonds. The summed E-state index contributed by atoms with van der Waals surface area (Å²) in [5.41, 5.74) is 0. The molecule has 0 heterocycles. The summed E-state index contributed by atoms with van der Waals surface area (Å²) in [6.45, 7) is 6.87. The fourth-order valence-corrected chi connectivity index (χ4v) is 2.01. The van der Waals surface area contributed by atoms with Crippen molar-refractivity contribution in [2.75, 3.05) is 18.5 Å². The van der Waals surface area contributed by atoms with E-state index in [2.05, 4.69) is 44.0 Å². The van der Waals surface area contributed by atoms with Crippen LogP contribution in [0.25, 0.3) is 0 Å². The quantitative estimate of drug-likeness (QED) is 0.384. The Morgan fingerprint density at radius 2 is 1.07 bits per heavy atom. The fraction of sp³-hybridized carbons (Fsp3) is 0.750. The Hall–Kier alpha value is 1.04. The normalized spacial score (nSPS) is 7.00. The van der Waals surface area contributed by atoms with Crippen LogP contribution in [0.4, 0.5) is 0 Å². The summed E-state index contributed by atoms with van der Waals surface area (Å²) in [6, 6.07) is 0. The molecule has 2 nitrogen and oxygen atoms in total. The zero-order valence-electron chi connectivity index (χ0n) is 8.46. The second-order valence-electron chi connectivity index (χ2n) is 1.77. The first-order chi connectivity index (χ1) is 6.17. The van der Waals surface area contributed by atoms with Crippen LogP contribution in [0.15, 0.2) is 0 Å². The summed E-state index contributed by atoms with van der Waals surface area (Å²) in [5.74, 6) is 1.94. The Labute approximate surface area is 112 Å². The SMILES string of the molecule is CCP(CC)CC.O=[C-]Cl.O=[C-]Cl.[Pt+2]. The molecular weight excluding hydrogens is 425 g/mol. The number of rotatable bonds is 3. The van der Waals surface area contributed by atoms with Crippen LogP contribution < -0.4 is 0 Å². The van der Waals surface area contributed by atoms with E-state index >= 15 is 0 Å². The Morgan fingerprint density at radius 1 is 0.929 bits per heavy atom. The van der Waals surface area contributed by atoms with Gasteiger partial charge >= 0.3 is 21.1 Å². The van der Waals surface area contributed by atoms with Gasteiger partial charge in [0.15, 0.2) is 0 Å². The first-order valence-corrected chi connectivity index (χ1v) is 6.51. The molecule has 0 aliphatic carbocycles. The summed E-state index contributed by atoms with van der Waals surface area (Å²) in [5, 5.41) is 0. The Kier molecular flexibility index (Phi) is 50.8. The van der Waals surface area contributed by atoms with Crippen molar-refractivity contribution in [1.82, 2.24) is 0 Å². The van der Waals surface area contributed by atoms with Gasteiger partial charge in [0.1, 0.15) is 0 Å². The summed E-state index contributed by atoms with van der Waals surface area (Å²) in [6.07, 6.45) is 4.26. The van der Waals surface area contributed by atoms with Crippen molar-refractivity contribution in [2.24, 2.45) is 0 Å². The molecule has 0 spiro atoms. The maximum absolute atomic E-state index is 8.45. The summed E-state index contributed by atoms with van der Waals surface area (Å²) in [7, 11) is 0.446. The smallest absolute Gasteiger partial charge is 0.525 e.